The molecule has 1 fully saturated rings. The number of anilines is 1. The Morgan fingerprint density at radius 2 is 1.73 bits per heavy atom. The first-order valence-corrected chi connectivity index (χ1v) is 16.4. The maximum atomic E-state index is 13.6. The van der Waals surface area contributed by atoms with Gasteiger partial charge >= 0.3 is 0 Å². The van der Waals surface area contributed by atoms with Crippen LogP contribution in [0.5, 0.6) is 5.75 Å². The summed E-state index contributed by atoms with van der Waals surface area (Å²) in [6.45, 7) is 1.34. The van der Waals surface area contributed by atoms with Crippen molar-refractivity contribution < 1.29 is 41.0 Å². The van der Waals surface area contributed by atoms with E-state index in [0.29, 0.717) is 52.3 Å². The summed E-state index contributed by atoms with van der Waals surface area (Å²) in [5.41, 5.74) is 2.99. The first kappa shape index (κ1) is 32.1. The summed E-state index contributed by atoms with van der Waals surface area (Å²) in [7, 11) is -2.19. The van der Waals surface area contributed by atoms with Crippen molar-refractivity contribution in [3.8, 4) is 17.1 Å². The number of nitrogens with one attached hydrogen (secondary N) is 1. The number of carbonyl (C=O) groups is 2. The molecule has 0 saturated heterocycles. The second-order valence-electron chi connectivity index (χ2n) is 10.7. The maximum Gasteiger partial charge on any atom is 0.255 e. The van der Waals surface area contributed by atoms with Crippen LogP contribution in [-0.2, 0) is 19.5 Å². The molecule has 10 nitrogen and oxygen atoms in total. The van der Waals surface area contributed by atoms with E-state index in [0.717, 1.165) is 30.9 Å². The Morgan fingerprint density at radius 3 is 2.40 bits per heavy atom. The monoisotopic (exact) mass is 638 g/mol. The molecule has 12 heteroatoms. The topological polar surface area (TPSA) is 124 Å². The molecule has 0 radical (unpaired) electrons. The number of benzene rings is 3. The number of nitrogens with zero attached hydrogens (tertiary/aromatic N) is 1. The fourth-order valence-corrected chi connectivity index (χ4v) is 5.99. The van der Waals surface area contributed by atoms with Gasteiger partial charge in [-0.2, -0.15) is 0 Å². The highest BCUT2D eigenvalue weighted by molar-refractivity contribution is 7.92. The number of fused-ring (bicyclic) bond motifs is 1. The van der Waals surface area contributed by atoms with Crippen molar-refractivity contribution in [3.63, 3.8) is 0 Å². The minimum absolute atomic E-state index is 0.0636. The van der Waals surface area contributed by atoms with Crippen LogP contribution in [0.4, 0.5) is 10.1 Å². The largest absolute Gasteiger partial charge is 0.491 e. The lowest BCUT2D eigenvalue weighted by atomic mass is 10.0. The Kier molecular flexibility index (Phi) is 10.2. The normalized spacial score (nSPS) is 13.1. The number of halogens is 1. The van der Waals surface area contributed by atoms with Crippen LogP contribution in [-0.4, -0.2) is 73.5 Å². The highest BCUT2D eigenvalue weighted by Crippen LogP contribution is 2.48. The molecule has 0 bridgehead atoms. The van der Waals surface area contributed by atoms with Crippen LogP contribution in [0.2, 0.25) is 0 Å². The van der Waals surface area contributed by atoms with Gasteiger partial charge in [-0.25, -0.2) is 12.8 Å². The van der Waals surface area contributed by atoms with Gasteiger partial charge < -0.3 is 23.9 Å². The van der Waals surface area contributed by atoms with Gasteiger partial charge in [0, 0.05) is 29.6 Å². The lowest BCUT2D eigenvalue weighted by Crippen LogP contribution is -2.34. The van der Waals surface area contributed by atoms with Crippen molar-refractivity contribution in [2.45, 2.75) is 18.8 Å². The van der Waals surface area contributed by atoms with Gasteiger partial charge in [0.15, 0.2) is 0 Å². The molecule has 0 spiro atoms. The van der Waals surface area contributed by atoms with Gasteiger partial charge in [-0.3, -0.25) is 13.9 Å². The summed E-state index contributed by atoms with van der Waals surface area (Å²) in [6.07, 6.45) is 3.69. The van der Waals surface area contributed by atoms with E-state index in [2.05, 4.69) is 5.32 Å². The van der Waals surface area contributed by atoms with E-state index in [1.807, 2.05) is 6.07 Å². The molecule has 0 aliphatic heterocycles. The molecule has 45 heavy (non-hydrogen) atoms. The van der Waals surface area contributed by atoms with Crippen LogP contribution in [0.3, 0.4) is 0 Å². The molecule has 1 aliphatic rings. The molecule has 0 unspecified atom stereocenters. The number of sulfonamides is 1. The number of carbonyl (C=O) groups excluding carboxylic acids is 2. The van der Waals surface area contributed by atoms with Crippen molar-refractivity contribution in [2.75, 3.05) is 57.2 Å². The van der Waals surface area contributed by atoms with Crippen molar-refractivity contribution in [1.29, 1.82) is 0 Å². The average Bonchev–Trinajstić information content (AvgIpc) is 3.81. The van der Waals surface area contributed by atoms with E-state index in [1.54, 1.807) is 30.3 Å². The van der Waals surface area contributed by atoms with Crippen molar-refractivity contribution in [3.05, 3.63) is 83.2 Å². The van der Waals surface area contributed by atoms with Gasteiger partial charge in [0.2, 0.25) is 10.0 Å². The Balaban J connectivity index is 1.27. The van der Waals surface area contributed by atoms with Gasteiger partial charge in [-0.15, -0.1) is 0 Å². The van der Waals surface area contributed by atoms with E-state index in [-0.39, 0.29) is 44.0 Å². The van der Waals surface area contributed by atoms with E-state index in [4.69, 9.17) is 18.6 Å². The third kappa shape index (κ3) is 7.88. The zero-order valence-corrected chi connectivity index (χ0v) is 25.9. The van der Waals surface area contributed by atoms with E-state index in [1.165, 1.54) is 35.6 Å². The maximum absolute atomic E-state index is 13.6. The molecular weight excluding hydrogens is 603 g/mol. The third-order valence-corrected chi connectivity index (χ3v) is 8.57. The van der Waals surface area contributed by atoms with Crippen LogP contribution in [0.1, 0.15) is 45.0 Å². The van der Waals surface area contributed by atoms with Crippen molar-refractivity contribution in [1.82, 2.24) is 5.32 Å². The number of rotatable bonds is 16. The van der Waals surface area contributed by atoms with Gasteiger partial charge in [-0.05, 0) is 66.8 Å². The summed E-state index contributed by atoms with van der Waals surface area (Å²) in [6, 6.07) is 16.0. The van der Waals surface area contributed by atoms with Crippen LogP contribution >= 0.6 is 0 Å². The highest BCUT2D eigenvalue weighted by atomic mass is 32.2. The quantitative estimate of drug-likeness (QED) is 0.132. The van der Waals surface area contributed by atoms with E-state index < -0.39 is 15.8 Å². The lowest BCUT2D eigenvalue weighted by Gasteiger charge is -2.25. The average molecular weight is 639 g/mol. The zero-order valence-electron chi connectivity index (χ0n) is 25.1. The van der Waals surface area contributed by atoms with Crippen LogP contribution in [0, 0.1) is 5.82 Å². The number of furan rings is 1. The molecule has 1 amide bonds. The number of amides is 1. The number of hydrogen-bond acceptors (Lipinski definition) is 8. The first-order chi connectivity index (χ1) is 21.7. The Bertz CT molecular complexity index is 1770. The zero-order chi connectivity index (χ0) is 32.0. The summed E-state index contributed by atoms with van der Waals surface area (Å²) in [4.78, 5) is 23.9. The summed E-state index contributed by atoms with van der Waals surface area (Å²) < 4.78 is 64.0. The fourth-order valence-electron chi connectivity index (χ4n) is 5.07. The van der Waals surface area contributed by atoms with Gasteiger partial charge in [0.25, 0.3) is 5.91 Å². The Labute approximate surface area is 261 Å². The van der Waals surface area contributed by atoms with Gasteiger partial charge in [0.05, 0.1) is 50.5 Å². The molecule has 5 rings (SSSR count). The van der Waals surface area contributed by atoms with E-state index >= 15 is 0 Å². The predicted octanol–water partition coefficient (Wildman–Crippen LogP) is 5.17. The van der Waals surface area contributed by atoms with E-state index in [9.17, 15) is 22.4 Å². The third-order valence-electron chi connectivity index (χ3n) is 7.39. The summed E-state index contributed by atoms with van der Waals surface area (Å²) in [5.74, 6) is 0.219. The molecule has 1 aromatic heterocycles. The van der Waals surface area contributed by atoms with Crippen LogP contribution < -0.4 is 14.4 Å². The molecule has 238 valence electrons. The lowest BCUT2D eigenvalue weighted by molar-refractivity contribution is 0.0390. The molecule has 0 atom stereocenters. The number of ether oxygens (including phenoxy) is 3. The predicted molar refractivity (Wildman–Crippen MR) is 168 cm³/mol. The molecule has 1 saturated carbocycles. The van der Waals surface area contributed by atoms with Gasteiger partial charge in [0.1, 0.15) is 35.8 Å². The van der Waals surface area contributed by atoms with Crippen molar-refractivity contribution in [2.24, 2.45) is 0 Å². The summed E-state index contributed by atoms with van der Waals surface area (Å²) >= 11 is 0. The fraction of sp³-hybridized carbons (Fsp3) is 0.333. The molecule has 3 aromatic carbocycles. The standard InChI is InChI=1S/C33H35FN2O8S/c1-35-33(38)31-28-19-27(23-6-7-23)29(20-30(28)44-32(31)24-8-10-25(34)11-9-24)36(45(2,39)40)12-13-41-14-15-42-16-17-43-26-5-3-4-22(18-26)21-37/h3-5,8-11,18-21,23H,6-7,12-17H2,1-2H3,(H,35,38). The molecule has 1 heterocycles. The minimum atomic E-state index is -3.71. The smallest absolute Gasteiger partial charge is 0.255 e. The molecule has 1 aliphatic carbocycles. The highest BCUT2D eigenvalue weighted by Gasteiger charge is 2.33. The van der Waals surface area contributed by atoms with Crippen LogP contribution in [0.25, 0.3) is 22.3 Å². The summed E-state index contributed by atoms with van der Waals surface area (Å²) in [5, 5.41) is 3.21. The number of hydrogen-bond donors (Lipinski definition) is 1. The SMILES string of the molecule is CNC(=O)c1c(-c2ccc(F)cc2)oc2cc(N(CCOCCOCCOc3cccc(C=O)c3)S(C)(=O)=O)c(C3CC3)cc12. The van der Waals surface area contributed by atoms with Crippen molar-refractivity contribution >= 4 is 38.9 Å². The van der Waals surface area contributed by atoms with Gasteiger partial charge in [-0.1, -0.05) is 12.1 Å². The Hall–Kier alpha value is -4.26. The first-order valence-electron chi connectivity index (χ1n) is 14.6. The second kappa shape index (κ2) is 14.2. The second-order valence-corrected chi connectivity index (χ2v) is 12.6. The molecule has 4 aromatic rings. The minimum Gasteiger partial charge on any atom is -0.491 e. The molecular formula is C33H35FN2O8S. The molecule has 1 N–H and O–H groups in total. The van der Waals surface area contributed by atoms with Crippen LogP contribution in [0.15, 0.2) is 65.1 Å². The Morgan fingerprint density at radius 1 is 1.02 bits per heavy atom. The number of aldehydes is 1.